The number of benzene rings is 1. The van der Waals surface area contributed by atoms with Crippen LogP contribution in [0.25, 0.3) is 0 Å². The number of nitrogens with zero attached hydrogens (tertiary/aromatic N) is 3. The van der Waals surface area contributed by atoms with Gasteiger partial charge >= 0.3 is 0 Å². The summed E-state index contributed by atoms with van der Waals surface area (Å²) in [4.78, 5) is 15.1. The average molecular weight is 361 g/mol. The number of hydrogen-bond acceptors (Lipinski definition) is 4. The van der Waals surface area contributed by atoms with Crippen LogP contribution in [0.3, 0.4) is 0 Å². The first-order valence-corrected chi connectivity index (χ1v) is 6.96. The van der Waals surface area contributed by atoms with Gasteiger partial charge in [0.15, 0.2) is 0 Å². The number of likely N-dealkylation sites (N-methyl/N-ethyl adjacent to an activating group) is 1. The lowest BCUT2D eigenvalue weighted by atomic mass is 10.1. The van der Waals surface area contributed by atoms with Crippen molar-refractivity contribution in [2.24, 2.45) is 0 Å². The van der Waals surface area contributed by atoms with Crippen molar-refractivity contribution in [1.82, 2.24) is 4.90 Å². The van der Waals surface area contributed by atoms with E-state index in [0.29, 0.717) is 9.61 Å². The molecule has 1 heterocycles. The number of hydrogen-bond donors (Lipinski definition) is 0. The van der Waals surface area contributed by atoms with E-state index < -0.39 is 0 Å². The number of halogens is 1. The highest BCUT2D eigenvalue weighted by molar-refractivity contribution is 14.1. The van der Waals surface area contributed by atoms with Crippen molar-refractivity contribution < 1.29 is 4.92 Å². The normalized spacial score (nSPS) is 21.1. The fraction of sp³-hybridized carbons (Fsp3) is 0.500. The molecule has 0 bridgehead atoms. The molecule has 98 valence electrons. The molecule has 1 aromatic carbocycles. The Labute approximate surface area is 120 Å². The lowest BCUT2D eigenvalue weighted by Gasteiger charge is -2.39. The second-order valence-corrected chi connectivity index (χ2v) is 5.86. The third-order valence-corrected chi connectivity index (χ3v) is 4.15. The van der Waals surface area contributed by atoms with Crippen LogP contribution in [-0.2, 0) is 0 Å². The van der Waals surface area contributed by atoms with Crippen LogP contribution in [0, 0.1) is 13.7 Å². The van der Waals surface area contributed by atoms with Crippen molar-refractivity contribution in [2.45, 2.75) is 13.0 Å². The molecule has 0 aliphatic carbocycles. The minimum Gasteiger partial charge on any atom is -0.366 e. The molecular weight excluding hydrogens is 345 g/mol. The molecule has 0 spiro atoms. The summed E-state index contributed by atoms with van der Waals surface area (Å²) in [6.45, 7) is 5.20. The number of rotatable bonds is 2. The number of nitro benzene ring substituents is 1. The minimum absolute atomic E-state index is 0.182. The molecule has 1 unspecified atom stereocenters. The molecule has 2 rings (SSSR count). The molecule has 0 aromatic heterocycles. The van der Waals surface area contributed by atoms with Crippen LogP contribution in [0.5, 0.6) is 0 Å². The van der Waals surface area contributed by atoms with Crippen LogP contribution in [-0.4, -0.2) is 42.5 Å². The summed E-state index contributed by atoms with van der Waals surface area (Å²) < 4.78 is 0.696. The van der Waals surface area contributed by atoms with Gasteiger partial charge < -0.3 is 9.80 Å². The van der Waals surface area contributed by atoms with Gasteiger partial charge in [-0.2, -0.15) is 0 Å². The van der Waals surface area contributed by atoms with Gasteiger partial charge in [-0.25, -0.2) is 0 Å². The van der Waals surface area contributed by atoms with Crippen molar-refractivity contribution >= 4 is 34.0 Å². The molecule has 1 aliphatic heterocycles. The van der Waals surface area contributed by atoms with Gasteiger partial charge in [0.05, 0.1) is 8.49 Å². The largest absolute Gasteiger partial charge is 0.366 e. The van der Waals surface area contributed by atoms with Crippen molar-refractivity contribution in [2.75, 3.05) is 31.6 Å². The molecule has 18 heavy (non-hydrogen) atoms. The number of nitro groups is 1. The molecular formula is C12H16IN3O2. The van der Waals surface area contributed by atoms with Crippen LogP contribution < -0.4 is 4.90 Å². The van der Waals surface area contributed by atoms with Gasteiger partial charge in [0.2, 0.25) is 0 Å². The monoisotopic (exact) mass is 361 g/mol. The van der Waals surface area contributed by atoms with E-state index in [4.69, 9.17) is 0 Å². The van der Waals surface area contributed by atoms with E-state index in [0.717, 1.165) is 25.3 Å². The molecule has 1 saturated heterocycles. The molecule has 0 saturated carbocycles. The van der Waals surface area contributed by atoms with E-state index >= 15 is 0 Å². The van der Waals surface area contributed by atoms with Crippen LogP contribution >= 0.6 is 22.6 Å². The van der Waals surface area contributed by atoms with E-state index in [1.54, 1.807) is 6.07 Å². The molecule has 0 amide bonds. The first-order chi connectivity index (χ1) is 8.49. The van der Waals surface area contributed by atoms with Crippen molar-refractivity contribution in [1.29, 1.82) is 0 Å². The molecule has 6 heteroatoms. The summed E-state index contributed by atoms with van der Waals surface area (Å²) >= 11 is 2.03. The Morgan fingerprint density at radius 3 is 2.72 bits per heavy atom. The summed E-state index contributed by atoms with van der Waals surface area (Å²) in [5, 5.41) is 10.8. The van der Waals surface area contributed by atoms with Crippen LogP contribution in [0.1, 0.15) is 6.92 Å². The maximum Gasteiger partial charge on any atom is 0.282 e. The zero-order valence-electron chi connectivity index (χ0n) is 10.5. The Morgan fingerprint density at radius 1 is 1.44 bits per heavy atom. The second-order valence-electron chi connectivity index (χ2n) is 4.70. The molecule has 0 N–H and O–H groups in total. The summed E-state index contributed by atoms with van der Waals surface area (Å²) in [5.74, 6) is 0. The Morgan fingerprint density at radius 2 is 2.17 bits per heavy atom. The zero-order chi connectivity index (χ0) is 13.3. The third kappa shape index (κ3) is 2.74. The van der Waals surface area contributed by atoms with Gasteiger partial charge in [-0.3, -0.25) is 10.1 Å². The summed E-state index contributed by atoms with van der Waals surface area (Å²) in [7, 11) is 2.12. The standard InChI is InChI=1S/C12H16IN3O2/c1-9-8-14(2)5-6-15(9)10-3-4-12(16(17)18)11(13)7-10/h3-4,7,9H,5-6,8H2,1-2H3. The smallest absolute Gasteiger partial charge is 0.282 e. The quantitative estimate of drug-likeness (QED) is 0.461. The van der Waals surface area contributed by atoms with Crippen LogP contribution in [0.15, 0.2) is 18.2 Å². The molecule has 0 radical (unpaired) electrons. The van der Waals surface area contributed by atoms with Crippen LogP contribution in [0.2, 0.25) is 0 Å². The first kappa shape index (κ1) is 13.5. The van der Waals surface area contributed by atoms with Gasteiger partial charge in [-0.05, 0) is 48.7 Å². The average Bonchev–Trinajstić information content (AvgIpc) is 2.28. The third-order valence-electron chi connectivity index (χ3n) is 3.29. The Hall–Kier alpha value is -0.890. The molecule has 1 atom stereocenters. The maximum atomic E-state index is 10.8. The van der Waals surface area contributed by atoms with Gasteiger partial charge in [0.25, 0.3) is 5.69 Å². The van der Waals surface area contributed by atoms with E-state index in [1.807, 2.05) is 34.7 Å². The predicted molar refractivity (Wildman–Crippen MR) is 80.1 cm³/mol. The van der Waals surface area contributed by atoms with E-state index in [2.05, 4.69) is 23.8 Å². The molecule has 1 aliphatic rings. The molecule has 1 fully saturated rings. The SMILES string of the molecule is CC1CN(C)CCN1c1ccc([N+](=O)[O-])c(I)c1. The van der Waals surface area contributed by atoms with Gasteiger partial charge in [0, 0.05) is 37.4 Å². The lowest BCUT2D eigenvalue weighted by molar-refractivity contribution is -0.385. The van der Waals surface area contributed by atoms with Crippen LogP contribution in [0.4, 0.5) is 11.4 Å². The van der Waals surface area contributed by atoms with Crippen molar-refractivity contribution in [3.8, 4) is 0 Å². The highest BCUT2D eigenvalue weighted by Crippen LogP contribution is 2.28. The number of anilines is 1. The maximum absolute atomic E-state index is 10.8. The summed E-state index contributed by atoms with van der Waals surface area (Å²) in [5.41, 5.74) is 1.26. The zero-order valence-corrected chi connectivity index (χ0v) is 12.6. The molecule has 5 nitrogen and oxygen atoms in total. The van der Waals surface area contributed by atoms with E-state index in [1.165, 1.54) is 0 Å². The number of piperazine rings is 1. The summed E-state index contributed by atoms with van der Waals surface area (Å²) in [6.07, 6.45) is 0. The van der Waals surface area contributed by atoms with Gasteiger partial charge in [0.1, 0.15) is 0 Å². The Bertz CT molecular complexity index is 467. The topological polar surface area (TPSA) is 49.6 Å². The lowest BCUT2D eigenvalue weighted by Crippen LogP contribution is -2.50. The second kappa shape index (κ2) is 5.40. The highest BCUT2D eigenvalue weighted by Gasteiger charge is 2.23. The highest BCUT2D eigenvalue weighted by atomic mass is 127. The van der Waals surface area contributed by atoms with Gasteiger partial charge in [-0.1, -0.05) is 0 Å². The van der Waals surface area contributed by atoms with E-state index in [-0.39, 0.29) is 10.6 Å². The van der Waals surface area contributed by atoms with E-state index in [9.17, 15) is 10.1 Å². The fourth-order valence-corrected chi connectivity index (χ4v) is 3.04. The molecule has 1 aromatic rings. The fourth-order valence-electron chi connectivity index (χ4n) is 2.35. The first-order valence-electron chi connectivity index (χ1n) is 5.88. The van der Waals surface area contributed by atoms with Crippen molar-refractivity contribution in [3.05, 3.63) is 31.9 Å². The van der Waals surface area contributed by atoms with Gasteiger partial charge in [-0.15, -0.1) is 0 Å². The Kier molecular flexibility index (Phi) is 4.06. The van der Waals surface area contributed by atoms with Crippen molar-refractivity contribution in [3.63, 3.8) is 0 Å². The Balaban J connectivity index is 2.24. The summed E-state index contributed by atoms with van der Waals surface area (Å²) in [6, 6.07) is 5.78. The minimum atomic E-state index is -0.334. The predicted octanol–water partition coefficient (Wildman–Crippen LogP) is 2.34.